The van der Waals surface area contributed by atoms with Gasteiger partial charge in [-0.15, -0.1) is 0 Å². The molecule has 1 aromatic carbocycles. The molecule has 2 unspecified atom stereocenters. The van der Waals surface area contributed by atoms with E-state index in [0.717, 1.165) is 35.7 Å². The molecule has 0 amide bonds. The van der Waals surface area contributed by atoms with Crippen LogP contribution in [0.3, 0.4) is 0 Å². The summed E-state index contributed by atoms with van der Waals surface area (Å²) in [5.74, 6) is 1.72. The van der Waals surface area contributed by atoms with Gasteiger partial charge in [0, 0.05) is 0 Å². The summed E-state index contributed by atoms with van der Waals surface area (Å²) < 4.78 is 6.97. The summed E-state index contributed by atoms with van der Waals surface area (Å²) in [6.45, 7) is 4.45. The zero-order valence-electron chi connectivity index (χ0n) is 9.58. The second kappa shape index (κ2) is 5.69. The van der Waals surface area contributed by atoms with Crippen LogP contribution < -0.4 is 10.1 Å². The van der Waals surface area contributed by atoms with E-state index in [0.29, 0.717) is 0 Å². The van der Waals surface area contributed by atoms with Crippen molar-refractivity contribution in [2.75, 3.05) is 13.1 Å². The fourth-order valence-electron chi connectivity index (χ4n) is 2.19. The molecule has 2 rings (SSSR count). The summed E-state index contributed by atoms with van der Waals surface area (Å²) in [5.41, 5.74) is 0. The fourth-order valence-corrected chi connectivity index (χ4v) is 2.57. The van der Waals surface area contributed by atoms with Crippen molar-refractivity contribution in [1.82, 2.24) is 5.32 Å². The van der Waals surface area contributed by atoms with Crippen LogP contribution in [0, 0.1) is 5.92 Å². The molecule has 1 aromatic rings. The van der Waals surface area contributed by atoms with Crippen molar-refractivity contribution in [2.24, 2.45) is 5.92 Å². The van der Waals surface area contributed by atoms with Crippen LogP contribution in [-0.2, 0) is 0 Å². The van der Waals surface area contributed by atoms with Gasteiger partial charge in [0.05, 0.1) is 10.6 Å². The molecule has 1 heterocycles. The minimum atomic E-state index is 0.281. The van der Waals surface area contributed by atoms with Gasteiger partial charge in [0.25, 0.3) is 0 Å². The molecule has 1 aliphatic rings. The normalized spacial score (nSPS) is 22.0. The van der Waals surface area contributed by atoms with Gasteiger partial charge in [0.15, 0.2) is 0 Å². The number of hydrogen-bond donors (Lipinski definition) is 1. The highest BCUT2D eigenvalue weighted by molar-refractivity contribution is 9.10. The largest absolute Gasteiger partial charge is 0.490 e. The molecule has 1 fully saturated rings. The van der Waals surface area contributed by atoms with Crippen LogP contribution in [0.4, 0.5) is 0 Å². The Balaban J connectivity index is 1.86. The lowest BCUT2D eigenvalue weighted by atomic mass is 10.0. The quantitative estimate of drug-likeness (QED) is 0.916. The average molecular weight is 284 g/mol. The average Bonchev–Trinajstić information content (AvgIpc) is 2.74. The molecule has 0 aromatic heterocycles. The number of hydrogen-bond acceptors (Lipinski definition) is 2. The van der Waals surface area contributed by atoms with E-state index in [9.17, 15) is 0 Å². The monoisotopic (exact) mass is 283 g/mol. The van der Waals surface area contributed by atoms with E-state index in [2.05, 4.69) is 28.2 Å². The first-order valence-electron chi connectivity index (χ1n) is 5.87. The molecule has 0 bridgehead atoms. The Hall–Kier alpha value is -0.540. The molecule has 3 heteroatoms. The highest BCUT2D eigenvalue weighted by atomic mass is 79.9. The van der Waals surface area contributed by atoms with E-state index >= 15 is 0 Å². The van der Waals surface area contributed by atoms with Crippen LogP contribution in [0.2, 0.25) is 0 Å². The molecule has 88 valence electrons. The van der Waals surface area contributed by atoms with Crippen LogP contribution in [0.5, 0.6) is 5.75 Å². The van der Waals surface area contributed by atoms with Crippen molar-refractivity contribution in [3.05, 3.63) is 28.7 Å². The second-order valence-corrected chi connectivity index (χ2v) is 5.31. The van der Waals surface area contributed by atoms with Gasteiger partial charge >= 0.3 is 0 Å². The predicted octanol–water partition coefficient (Wildman–Crippen LogP) is 3.22. The van der Waals surface area contributed by atoms with Gasteiger partial charge in [0.1, 0.15) is 5.75 Å². The molecular weight excluding hydrogens is 266 g/mol. The highest BCUT2D eigenvalue weighted by Crippen LogP contribution is 2.26. The Morgan fingerprint density at radius 2 is 2.31 bits per heavy atom. The first kappa shape index (κ1) is 11.9. The number of nitrogens with one attached hydrogen (secondary N) is 1. The molecule has 1 N–H and O–H groups in total. The first-order chi connectivity index (χ1) is 7.75. The van der Waals surface area contributed by atoms with Crippen molar-refractivity contribution in [3.63, 3.8) is 0 Å². The third kappa shape index (κ3) is 3.22. The summed E-state index contributed by atoms with van der Waals surface area (Å²) in [6, 6.07) is 8.03. The van der Waals surface area contributed by atoms with Crippen LogP contribution in [-0.4, -0.2) is 19.2 Å². The van der Waals surface area contributed by atoms with Crippen LogP contribution in [0.25, 0.3) is 0 Å². The summed E-state index contributed by atoms with van der Waals surface area (Å²) >= 11 is 3.50. The van der Waals surface area contributed by atoms with Crippen molar-refractivity contribution in [1.29, 1.82) is 0 Å². The topological polar surface area (TPSA) is 21.3 Å². The number of halogens is 1. The summed E-state index contributed by atoms with van der Waals surface area (Å²) in [7, 11) is 0. The molecular formula is C13H18BrNO. The Bertz CT molecular complexity index is 336. The lowest BCUT2D eigenvalue weighted by molar-refractivity contribution is 0.188. The Morgan fingerprint density at radius 3 is 3.00 bits per heavy atom. The number of rotatable bonds is 4. The first-order valence-corrected chi connectivity index (χ1v) is 6.67. The van der Waals surface area contributed by atoms with Crippen molar-refractivity contribution < 1.29 is 4.74 Å². The molecule has 0 saturated carbocycles. The fraction of sp³-hybridized carbons (Fsp3) is 0.538. The van der Waals surface area contributed by atoms with Crippen molar-refractivity contribution in [3.8, 4) is 5.75 Å². The van der Waals surface area contributed by atoms with E-state index in [1.807, 2.05) is 24.3 Å². The molecule has 2 nitrogen and oxygen atoms in total. The van der Waals surface area contributed by atoms with Crippen LogP contribution in [0.15, 0.2) is 28.7 Å². The third-order valence-electron chi connectivity index (χ3n) is 2.99. The summed E-state index contributed by atoms with van der Waals surface area (Å²) in [6.07, 6.45) is 2.70. The molecule has 2 atom stereocenters. The molecule has 0 aliphatic carbocycles. The van der Waals surface area contributed by atoms with Gasteiger partial charge in [-0.25, -0.2) is 0 Å². The third-order valence-corrected chi connectivity index (χ3v) is 3.65. The second-order valence-electron chi connectivity index (χ2n) is 4.45. The summed E-state index contributed by atoms with van der Waals surface area (Å²) in [5, 5.41) is 3.39. The zero-order valence-corrected chi connectivity index (χ0v) is 11.2. The van der Waals surface area contributed by atoms with Crippen molar-refractivity contribution in [2.45, 2.75) is 25.9 Å². The van der Waals surface area contributed by atoms with Gasteiger partial charge in [0.2, 0.25) is 0 Å². The lowest BCUT2D eigenvalue weighted by Crippen LogP contribution is -2.19. The molecule has 0 radical (unpaired) electrons. The van der Waals surface area contributed by atoms with E-state index in [-0.39, 0.29) is 6.10 Å². The SMILES string of the molecule is CC(CC1CCNC1)Oc1ccccc1Br. The van der Waals surface area contributed by atoms with Crippen LogP contribution in [0.1, 0.15) is 19.8 Å². The maximum Gasteiger partial charge on any atom is 0.133 e. The minimum Gasteiger partial charge on any atom is -0.490 e. The molecule has 0 spiro atoms. The summed E-state index contributed by atoms with van der Waals surface area (Å²) in [4.78, 5) is 0. The van der Waals surface area contributed by atoms with Crippen LogP contribution >= 0.6 is 15.9 Å². The predicted molar refractivity (Wildman–Crippen MR) is 69.8 cm³/mol. The molecule has 1 aliphatic heterocycles. The smallest absolute Gasteiger partial charge is 0.133 e. The molecule has 1 saturated heterocycles. The van der Waals surface area contributed by atoms with Gasteiger partial charge in [-0.1, -0.05) is 12.1 Å². The van der Waals surface area contributed by atoms with Crippen molar-refractivity contribution >= 4 is 15.9 Å². The zero-order chi connectivity index (χ0) is 11.4. The number of benzene rings is 1. The van der Waals surface area contributed by atoms with E-state index in [1.54, 1.807) is 0 Å². The highest BCUT2D eigenvalue weighted by Gasteiger charge is 2.18. The van der Waals surface area contributed by atoms with E-state index in [1.165, 1.54) is 6.42 Å². The standard InChI is InChI=1S/C13H18BrNO/c1-10(8-11-6-7-15-9-11)16-13-5-3-2-4-12(13)14/h2-5,10-11,15H,6-9H2,1H3. The lowest BCUT2D eigenvalue weighted by Gasteiger charge is -2.18. The number of ether oxygens (including phenoxy) is 1. The number of para-hydroxylation sites is 1. The Morgan fingerprint density at radius 1 is 1.50 bits per heavy atom. The van der Waals surface area contributed by atoms with E-state index < -0.39 is 0 Å². The van der Waals surface area contributed by atoms with Gasteiger partial charge < -0.3 is 10.1 Å². The Labute approximate surface area is 106 Å². The van der Waals surface area contributed by atoms with E-state index in [4.69, 9.17) is 4.74 Å². The van der Waals surface area contributed by atoms with Gasteiger partial charge in [-0.2, -0.15) is 0 Å². The Kier molecular flexibility index (Phi) is 4.24. The van der Waals surface area contributed by atoms with Gasteiger partial charge in [-0.05, 0) is 66.8 Å². The van der Waals surface area contributed by atoms with Gasteiger partial charge in [-0.3, -0.25) is 0 Å². The maximum atomic E-state index is 5.93. The maximum absolute atomic E-state index is 5.93. The minimum absolute atomic E-state index is 0.281. The molecule has 16 heavy (non-hydrogen) atoms.